The predicted octanol–water partition coefficient (Wildman–Crippen LogP) is 1.34. The Hall–Kier alpha value is -1.55. The molecule has 1 aromatic rings. The molecule has 4 nitrogen and oxygen atoms in total. The number of amides is 1. The Labute approximate surface area is 102 Å². The van der Waals surface area contributed by atoms with Gasteiger partial charge >= 0.3 is 0 Å². The van der Waals surface area contributed by atoms with E-state index in [4.69, 9.17) is 5.73 Å². The minimum Gasteiger partial charge on any atom is -0.508 e. The van der Waals surface area contributed by atoms with Crippen molar-refractivity contribution in [2.75, 3.05) is 6.54 Å². The van der Waals surface area contributed by atoms with Crippen LogP contribution in [0.2, 0.25) is 0 Å². The number of hydrogen-bond donors (Lipinski definition) is 3. The average molecular weight is 236 g/mol. The topological polar surface area (TPSA) is 75.3 Å². The molecule has 17 heavy (non-hydrogen) atoms. The van der Waals surface area contributed by atoms with E-state index in [-0.39, 0.29) is 5.75 Å². The number of hydrogen-bond acceptors (Lipinski definition) is 3. The quantitative estimate of drug-likeness (QED) is 0.722. The van der Waals surface area contributed by atoms with Crippen LogP contribution in [-0.2, 0) is 10.3 Å². The van der Waals surface area contributed by atoms with Gasteiger partial charge in [-0.3, -0.25) is 10.1 Å². The van der Waals surface area contributed by atoms with Gasteiger partial charge in [0.05, 0.1) is 0 Å². The number of nitrogens with two attached hydrogens (primary N) is 1. The number of carbonyl (C=O) groups excluding carboxylic acids is 1. The van der Waals surface area contributed by atoms with Crippen LogP contribution in [0, 0.1) is 5.92 Å². The lowest BCUT2D eigenvalue weighted by Crippen LogP contribution is -2.51. The molecule has 0 saturated heterocycles. The maximum Gasteiger partial charge on any atom is 0.242 e. The molecule has 4 heteroatoms. The third kappa shape index (κ3) is 3.20. The first-order valence-electron chi connectivity index (χ1n) is 5.70. The van der Waals surface area contributed by atoms with E-state index in [1.807, 2.05) is 0 Å². The SMILES string of the molecule is CC(C)CNC(C)(C(N)=O)c1ccc(O)cc1. The van der Waals surface area contributed by atoms with Crippen LogP contribution in [0.4, 0.5) is 0 Å². The number of phenols is 1. The summed E-state index contributed by atoms with van der Waals surface area (Å²) < 4.78 is 0. The number of carbonyl (C=O) groups is 1. The van der Waals surface area contributed by atoms with Gasteiger partial charge in [-0.15, -0.1) is 0 Å². The Balaban J connectivity index is 2.98. The van der Waals surface area contributed by atoms with Gasteiger partial charge in [-0.25, -0.2) is 0 Å². The van der Waals surface area contributed by atoms with E-state index in [0.29, 0.717) is 12.5 Å². The summed E-state index contributed by atoms with van der Waals surface area (Å²) in [6.45, 7) is 6.57. The van der Waals surface area contributed by atoms with Gasteiger partial charge in [-0.1, -0.05) is 26.0 Å². The molecule has 0 aliphatic heterocycles. The predicted molar refractivity (Wildman–Crippen MR) is 67.5 cm³/mol. The molecular formula is C13H20N2O2. The third-order valence-electron chi connectivity index (χ3n) is 2.80. The second-order valence-electron chi connectivity index (χ2n) is 4.81. The number of primary amides is 1. The molecule has 0 fully saturated rings. The Morgan fingerprint density at radius 3 is 2.35 bits per heavy atom. The van der Waals surface area contributed by atoms with Crippen molar-refractivity contribution in [3.63, 3.8) is 0 Å². The van der Waals surface area contributed by atoms with Crippen LogP contribution in [0.25, 0.3) is 0 Å². The average Bonchev–Trinajstić information content (AvgIpc) is 2.26. The first kappa shape index (κ1) is 13.5. The fourth-order valence-electron chi connectivity index (χ4n) is 1.53. The second-order valence-corrected chi connectivity index (χ2v) is 4.81. The van der Waals surface area contributed by atoms with Crippen molar-refractivity contribution in [2.24, 2.45) is 11.7 Å². The lowest BCUT2D eigenvalue weighted by Gasteiger charge is -2.29. The van der Waals surface area contributed by atoms with Gasteiger partial charge in [-0.2, -0.15) is 0 Å². The van der Waals surface area contributed by atoms with E-state index in [0.717, 1.165) is 5.56 Å². The van der Waals surface area contributed by atoms with E-state index in [1.165, 1.54) is 0 Å². The van der Waals surface area contributed by atoms with Crippen molar-refractivity contribution in [1.29, 1.82) is 0 Å². The zero-order chi connectivity index (χ0) is 13.1. The first-order valence-corrected chi connectivity index (χ1v) is 5.70. The summed E-state index contributed by atoms with van der Waals surface area (Å²) >= 11 is 0. The second kappa shape index (κ2) is 5.19. The standard InChI is InChI=1S/C13H20N2O2/c1-9(2)8-15-13(3,12(14)17)10-4-6-11(16)7-5-10/h4-7,9,15-16H,8H2,1-3H3,(H2,14,17). The highest BCUT2D eigenvalue weighted by Gasteiger charge is 2.32. The molecule has 0 aliphatic carbocycles. The number of nitrogens with one attached hydrogen (secondary N) is 1. The summed E-state index contributed by atoms with van der Waals surface area (Å²) in [5, 5.41) is 12.4. The van der Waals surface area contributed by atoms with Crippen LogP contribution < -0.4 is 11.1 Å². The van der Waals surface area contributed by atoms with Crippen LogP contribution in [0.3, 0.4) is 0 Å². The highest BCUT2D eigenvalue weighted by atomic mass is 16.3. The molecule has 0 aromatic heterocycles. The van der Waals surface area contributed by atoms with Gasteiger partial charge in [0.2, 0.25) is 5.91 Å². The number of aromatic hydroxyl groups is 1. The van der Waals surface area contributed by atoms with Crippen molar-refractivity contribution in [3.05, 3.63) is 29.8 Å². The number of rotatable bonds is 5. The van der Waals surface area contributed by atoms with Gasteiger partial charge in [0, 0.05) is 0 Å². The monoisotopic (exact) mass is 236 g/mol. The fourth-order valence-corrected chi connectivity index (χ4v) is 1.53. The van der Waals surface area contributed by atoms with E-state index >= 15 is 0 Å². The van der Waals surface area contributed by atoms with Gasteiger partial charge < -0.3 is 10.8 Å². The van der Waals surface area contributed by atoms with E-state index in [2.05, 4.69) is 19.2 Å². The molecule has 0 saturated carbocycles. The Morgan fingerprint density at radius 2 is 1.94 bits per heavy atom. The molecule has 0 aliphatic rings. The van der Waals surface area contributed by atoms with E-state index < -0.39 is 11.4 Å². The van der Waals surface area contributed by atoms with Crippen molar-refractivity contribution in [1.82, 2.24) is 5.32 Å². The summed E-state index contributed by atoms with van der Waals surface area (Å²) in [5.41, 5.74) is 5.31. The van der Waals surface area contributed by atoms with Crippen LogP contribution in [0.1, 0.15) is 26.3 Å². The van der Waals surface area contributed by atoms with Gasteiger partial charge in [0.25, 0.3) is 0 Å². The highest BCUT2D eigenvalue weighted by Crippen LogP contribution is 2.22. The highest BCUT2D eigenvalue weighted by molar-refractivity contribution is 5.85. The zero-order valence-electron chi connectivity index (χ0n) is 10.5. The van der Waals surface area contributed by atoms with Crippen molar-refractivity contribution < 1.29 is 9.90 Å². The molecule has 1 unspecified atom stereocenters. The zero-order valence-corrected chi connectivity index (χ0v) is 10.5. The fraction of sp³-hybridized carbons (Fsp3) is 0.462. The van der Waals surface area contributed by atoms with Crippen LogP contribution in [0.15, 0.2) is 24.3 Å². The maximum atomic E-state index is 11.6. The molecule has 1 atom stereocenters. The number of phenolic OH excluding ortho intramolecular Hbond substituents is 1. The summed E-state index contributed by atoms with van der Waals surface area (Å²) in [6.07, 6.45) is 0. The Kier molecular flexibility index (Phi) is 4.12. The van der Waals surface area contributed by atoms with Crippen LogP contribution in [-0.4, -0.2) is 17.6 Å². The Morgan fingerprint density at radius 1 is 1.41 bits per heavy atom. The third-order valence-corrected chi connectivity index (χ3v) is 2.80. The van der Waals surface area contributed by atoms with E-state index in [9.17, 15) is 9.90 Å². The lowest BCUT2D eigenvalue weighted by molar-refractivity contribution is -0.124. The van der Waals surface area contributed by atoms with Crippen LogP contribution >= 0.6 is 0 Å². The molecule has 0 heterocycles. The van der Waals surface area contributed by atoms with E-state index in [1.54, 1.807) is 31.2 Å². The minimum atomic E-state index is -0.905. The molecule has 1 aromatic carbocycles. The molecule has 0 bridgehead atoms. The van der Waals surface area contributed by atoms with Crippen molar-refractivity contribution in [2.45, 2.75) is 26.3 Å². The lowest BCUT2D eigenvalue weighted by atomic mass is 9.90. The summed E-state index contributed by atoms with van der Waals surface area (Å²) in [4.78, 5) is 11.6. The smallest absolute Gasteiger partial charge is 0.242 e. The molecule has 94 valence electrons. The van der Waals surface area contributed by atoms with Gasteiger partial charge in [0.1, 0.15) is 11.3 Å². The Bertz CT molecular complexity index is 387. The van der Waals surface area contributed by atoms with Crippen molar-refractivity contribution >= 4 is 5.91 Å². The number of benzene rings is 1. The van der Waals surface area contributed by atoms with Gasteiger partial charge in [-0.05, 0) is 37.1 Å². The maximum absolute atomic E-state index is 11.6. The first-order chi connectivity index (χ1) is 7.86. The summed E-state index contributed by atoms with van der Waals surface area (Å²) in [5.74, 6) is 0.166. The normalized spacial score (nSPS) is 14.6. The molecule has 4 N–H and O–H groups in total. The summed E-state index contributed by atoms with van der Waals surface area (Å²) in [6, 6.07) is 6.50. The van der Waals surface area contributed by atoms with Crippen LogP contribution in [0.5, 0.6) is 5.75 Å². The molecule has 1 rings (SSSR count). The van der Waals surface area contributed by atoms with Gasteiger partial charge in [0.15, 0.2) is 0 Å². The largest absolute Gasteiger partial charge is 0.508 e. The summed E-state index contributed by atoms with van der Waals surface area (Å²) in [7, 11) is 0. The minimum absolute atomic E-state index is 0.171. The molecular weight excluding hydrogens is 216 g/mol. The molecule has 0 spiro atoms. The molecule has 1 amide bonds. The molecule has 0 radical (unpaired) electrons. The van der Waals surface area contributed by atoms with Crippen molar-refractivity contribution in [3.8, 4) is 5.75 Å².